The molecule has 23 heavy (non-hydrogen) atoms. The molecule has 4 nitrogen and oxygen atoms in total. The lowest BCUT2D eigenvalue weighted by molar-refractivity contribution is 0.415. The van der Waals surface area contributed by atoms with Gasteiger partial charge in [0, 0.05) is 23.3 Å². The van der Waals surface area contributed by atoms with Crippen LogP contribution in [-0.2, 0) is 6.42 Å². The van der Waals surface area contributed by atoms with Crippen LogP contribution in [0, 0.1) is 11.3 Å². The van der Waals surface area contributed by atoms with Gasteiger partial charge in [-0.2, -0.15) is 5.26 Å². The minimum absolute atomic E-state index is 0.516. The lowest BCUT2D eigenvalue weighted by Crippen LogP contribution is -1.97. The Labute approximate surface area is 135 Å². The second kappa shape index (κ2) is 6.37. The summed E-state index contributed by atoms with van der Waals surface area (Å²) in [4.78, 5) is 4.35. The van der Waals surface area contributed by atoms with E-state index in [-0.39, 0.29) is 0 Å². The van der Waals surface area contributed by atoms with E-state index in [0.29, 0.717) is 5.56 Å². The van der Waals surface area contributed by atoms with Gasteiger partial charge in [0.25, 0.3) is 0 Å². The molecule has 3 aromatic rings. The summed E-state index contributed by atoms with van der Waals surface area (Å²) in [6.07, 6.45) is 2.59. The normalized spacial score (nSPS) is 10.3. The number of nitriles is 1. The molecule has 114 valence electrons. The highest BCUT2D eigenvalue weighted by Crippen LogP contribution is 2.30. The van der Waals surface area contributed by atoms with Crippen molar-refractivity contribution in [2.45, 2.75) is 13.3 Å². The van der Waals surface area contributed by atoms with Crippen LogP contribution >= 0.6 is 0 Å². The van der Waals surface area contributed by atoms with E-state index in [0.717, 1.165) is 34.4 Å². The van der Waals surface area contributed by atoms with E-state index in [4.69, 9.17) is 4.74 Å². The van der Waals surface area contributed by atoms with Gasteiger partial charge >= 0.3 is 0 Å². The standard InChI is InChI=1S/C19H17N3O/c1-3-13-4-6-15(7-5-13)22-19-14(11-20)12-21-18-10-16(23-2)8-9-17(18)19/h4-10,12H,3H2,1-2H3,(H,21,22). The molecule has 0 atom stereocenters. The molecule has 0 aliphatic heterocycles. The molecule has 3 rings (SSSR count). The van der Waals surface area contributed by atoms with Gasteiger partial charge in [0.2, 0.25) is 0 Å². The number of nitrogens with one attached hydrogen (secondary N) is 1. The Morgan fingerprint density at radius 3 is 2.61 bits per heavy atom. The van der Waals surface area contributed by atoms with Crippen LogP contribution in [0.3, 0.4) is 0 Å². The number of nitrogens with zero attached hydrogens (tertiary/aromatic N) is 2. The third-order valence-electron chi connectivity index (χ3n) is 3.83. The van der Waals surface area contributed by atoms with Crippen molar-refractivity contribution < 1.29 is 4.74 Å². The average molecular weight is 303 g/mol. The van der Waals surface area contributed by atoms with Crippen LogP contribution in [0.2, 0.25) is 0 Å². The zero-order valence-electron chi connectivity index (χ0n) is 13.1. The minimum Gasteiger partial charge on any atom is -0.497 e. The molecule has 0 bridgehead atoms. The molecular formula is C19H17N3O. The number of anilines is 2. The molecule has 0 saturated heterocycles. The van der Waals surface area contributed by atoms with E-state index in [1.165, 1.54) is 5.56 Å². The number of hydrogen-bond donors (Lipinski definition) is 1. The van der Waals surface area contributed by atoms with E-state index in [9.17, 15) is 5.26 Å². The zero-order valence-corrected chi connectivity index (χ0v) is 13.1. The van der Waals surface area contributed by atoms with Crippen LogP contribution in [0.4, 0.5) is 11.4 Å². The fourth-order valence-electron chi connectivity index (χ4n) is 2.49. The van der Waals surface area contributed by atoms with Crippen molar-refractivity contribution >= 4 is 22.3 Å². The highest BCUT2D eigenvalue weighted by molar-refractivity contribution is 5.96. The number of aromatic nitrogens is 1. The number of benzene rings is 2. The van der Waals surface area contributed by atoms with Crippen LogP contribution < -0.4 is 10.1 Å². The maximum absolute atomic E-state index is 9.38. The topological polar surface area (TPSA) is 57.9 Å². The Balaban J connectivity index is 2.08. The second-order valence-electron chi connectivity index (χ2n) is 5.22. The van der Waals surface area contributed by atoms with Crippen molar-refractivity contribution in [3.05, 3.63) is 59.8 Å². The van der Waals surface area contributed by atoms with Gasteiger partial charge in [-0.15, -0.1) is 0 Å². The lowest BCUT2D eigenvalue weighted by atomic mass is 10.1. The quantitative estimate of drug-likeness (QED) is 0.775. The molecule has 1 aromatic heterocycles. The molecule has 0 aliphatic rings. The maximum Gasteiger partial charge on any atom is 0.121 e. The van der Waals surface area contributed by atoms with E-state index in [1.807, 2.05) is 30.3 Å². The number of hydrogen-bond acceptors (Lipinski definition) is 4. The Hall–Kier alpha value is -3.06. The van der Waals surface area contributed by atoms with E-state index in [1.54, 1.807) is 13.3 Å². The van der Waals surface area contributed by atoms with Crippen LogP contribution in [0.25, 0.3) is 10.9 Å². The van der Waals surface area contributed by atoms with Gasteiger partial charge in [0.15, 0.2) is 0 Å². The SMILES string of the molecule is CCc1ccc(Nc2c(C#N)cnc3cc(OC)ccc23)cc1. The van der Waals surface area contributed by atoms with Gasteiger partial charge in [0.05, 0.1) is 23.9 Å². The summed E-state index contributed by atoms with van der Waals surface area (Å²) in [6.45, 7) is 2.12. The number of ether oxygens (including phenoxy) is 1. The summed E-state index contributed by atoms with van der Waals surface area (Å²) >= 11 is 0. The molecule has 0 spiro atoms. The van der Waals surface area contributed by atoms with Crippen LogP contribution in [0.1, 0.15) is 18.1 Å². The third kappa shape index (κ3) is 2.95. The van der Waals surface area contributed by atoms with Crippen molar-refractivity contribution in [2.75, 3.05) is 12.4 Å². The van der Waals surface area contributed by atoms with Gasteiger partial charge in [0.1, 0.15) is 11.8 Å². The summed E-state index contributed by atoms with van der Waals surface area (Å²) in [7, 11) is 1.62. The van der Waals surface area contributed by atoms with Crippen molar-refractivity contribution in [1.29, 1.82) is 5.26 Å². The van der Waals surface area contributed by atoms with Crippen LogP contribution in [-0.4, -0.2) is 12.1 Å². The highest BCUT2D eigenvalue weighted by Gasteiger charge is 2.10. The van der Waals surface area contributed by atoms with Crippen LogP contribution in [0.15, 0.2) is 48.7 Å². The van der Waals surface area contributed by atoms with Gasteiger partial charge in [-0.3, -0.25) is 4.98 Å². The first kappa shape index (κ1) is 14.9. The first-order valence-corrected chi connectivity index (χ1v) is 7.48. The second-order valence-corrected chi connectivity index (χ2v) is 5.22. The van der Waals surface area contributed by atoms with Crippen molar-refractivity contribution in [3.63, 3.8) is 0 Å². The molecule has 0 radical (unpaired) electrons. The van der Waals surface area contributed by atoms with Crippen molar-refractivity contribution in [1.82, 2.24) is 4.98 Å². The van der Waals surface area contributed by atoms with Gasteiger partial charge in [-0.1, -0.05) is 19.1 Å². The molecule has 4 heteroatoms. The summed E-state index contributed by atoms with van der Waals surface area (Å²) < 4.78 is 5.24. The lowest BCUT2D eigenvalue weighted by Gasteiger charge is -2.12. The largest absolute Gasteiger partial charge is 0.497 e. The molecule has 1 N–H and O–H groups in total. The first-order valence-electron chi connectivity index (χ1n) is 7.48. The minimum atomic E-state index is 0.516. The first-order chi connectivity index (χ1) is 11.2. The van der Waals surface area contributed by atoms with E-state index >= 15 is 0 Å². The van der Waals surface area contributed by atoms with Gasteiger partial charge < -0.3 is 10.1 Å². The Morgan fingerprint density at radius 2 is 1.96 bits per heavy atom. The van der Waals surface area contributed by atoms with Crippen LogP contribution in [0.5, 0.6) is 5.75 Å². The number of fused-ring (bicyclic) bond motifs is 1. The Bertz CT molecular complexity index is 879. The highest BCUT2D eigenvalue weighted by atomic mass is 16.5. The molecule has 1 heterocycles. The van der Waals surface area contributed by atoms with E-state index < -0.39 is 0 Å². The summed E-state index contributed by atoms with van der Waals surface area (Å²) in [5.41, 5.74) is 4.30. The summed E-state index contributed by atoms with van der Waals surface area (Å²) in [5, 5.41) is 13.6. The number of aryl methyl sites for hydroxylation is 1. The summed E-state index contributed by atoms with van der Waals surface area (Å²) in [5.74, 6) is 0.743. The van der Waals surface area contributed by atoms with E-state index in [2.05, 4.69) is 35.4 Å². The molecule has 0 saturated carbocycles. The van der Waals surface area contributed by atoms with Gasteiger partial charge in [-0.05, 0) is 36.2 Å². The van der Waals surface area contributed by atoms with Gasteiger partial charge in [-0.25, -0.2) is 0 Å². The predicted octanol–water partition coefficient (Wildman–Crippen LogP) is 4.42. The summed E-state index contributed by atoms with van der Waals surface area (Å²) in [6, 6.07) is 16.1. The molecular weight excluding hydrogens is 286 g/mol. The predicted molar refractivity (Wildman–Crippen MR) is 92.1 cm³/mol. The smallest absolute Gasteiger partial charge is 0.121 e. The molecule has 2 aromatic carbocycles. The van der Waals surface area contributed by atoms with Crippen molar-refractivity contribution in [2.24, 2.45) is 0 Å². The fraction of sp³-hybridized carbons (Fsp3) is 0.158. The molecule has 0 unspecified atom stereocenters. The van der Waals surface area contributed by atoms with Crippen molar-refractivity contribution in [3.8, 4) is 11.8 Å². The maximum atomic E-state index is 9.38. The Kier molecular flexibility index (Phi) is 4.11. The zero-order chi connectivity index (χ0) is 16.2. The molecule has 0 amide bonds. The molecule has 0 fully saturated rings. The number of pyridine rings is 1. The fourth-order valence-corrected chi connectivity index (χ4v) is 2.49. The molecule has 0 aliphatic carbocycles. The number of methoxy groups -OCH3 is 1. The third-order valence-corrected chi connectivity index (χ3v) is 3.83. The Morgan fingerprint density at radius 1 is 1.17 bits per heavy atom. The monoisotopic (exact) mass is 303 g/mol. The average Bonchev–Trinajstić information content (AvgIpc) is 2.62. The number of rotatable bonds is 4.